The van der Waals surface area contributed by atoms with Crippen LogP contribution >= 0.6 is 23.2 Å². The Bertz CT molecular complexity index is 875. The minimum absolute atomic E-state index is 0.0119. The number of hydrogen-bond acceptors (Lipinski definition) is 4. The molecule has 1 N–H and O–H groups in total. The van der Waals surface area contributed by atoms with Crippen LogP contribution in [0.25, 0.3) is 0 Å². The van der Waals surface area contributed by atoms with Gasteiger partial charge in [0.25, 0.3) is 5.91 Å². The van der Waals surface area contributed by atoms with Gasteiger partial charge in [-0.1, -0.05) is 29.3 Å². The second-order valence-electron chi connectivity index (χ2n) is 5.81. The van der Waals surface area contributed by atoms with Gasteiger partial charge in [0.1, 0.15) is 5.75 Å². The number of esters is 1. The van der Waals surface area contributed by atoms with E-state index in [0.717, 1.165) is 18.2 Å². The molecule has 0 saturated heterocycles. The molecule has 2 rings (SSSR count). The van der Waals surface area contributed by atoms with E-state index in [1.165, 1.54) is 12.1 Å². The van der Waals surface area contributed by atoms with E-state index in [0.29, 0.717) is 22.2 Å². The summed E-state index contributed by atoms with van der Waals surface area (Å²) in [5.41, 5.74) is -0.942. The van der Waals surface area contributed by atoms with E-state index in [1.807, 2.05) is 0 Å². The summed E-state index contributed by atoms with van der Waals surface area (Å²) in [4.78, 5) is 23.4. The van der Waals surface area contributed by atoms with Gasteiger partial charge in [0.15, 0.2) is 6.61 Å². The van der Waals surface area contributed by atoms with Crippen molar-refractivity contribution in [3.8, 4) is 5.75 Å². The fraction of sp³-hybridized carbons (Fsp3) is 0.263. The number of rotatable bonds is 8. The first-order chi connectivity index (χ1) is 13.6. The second-order valence-corrected chi connectivity index (χ2v) is 6.66. The summed E-state index contributed by atoms with van der Waals surface area (Å²) in [5.74, 6) is -0.971. The van der Waals surface area contributed by atoms with Gasteiger partial charge >= 0.3 is 12.1 Å². The minimum Gasteiger partial charge on any atom is -0.492 e. The monoisotopic (exact) mass is 449 g/mol. The quantitative estimate of drug-likeness (QED) is 0.435. The summed E-state index contributed by atoms with van der Waals surface area (Å²) in [6, 6.07) is 8.87. The fourth-order valence-corrected chi connectivity index (χ4v) is 2.64. The number of halogens is 5. The molecule has 0 aromatic heterocycles. The molecule has 0 unspecified atom stereocenters. The van der Waals surface area contributed by atoms with Crippen molar-refractivity contribution in [2.24, 2.45) is 0 Å². The zero-order chi connectivity index (χ0) is 21.4. The Morgan fingerprint density at radius 3 is 2.52 bits per heavy atom. The van der Waals surface area contributed by atoms with E-state index in [9.17, 15) is 22.8 Å². The topological polar surface area (TPSA) is 64.6 Å². The number of amides is 1. The van der Waals surface area contributed by atoms with E-state index in [-0.39, 0.29) is 18.7 Å². The van der Waals surface area contributed by atoms with Crippen molar-refractivity contribution in [3.05, 3.63) is 58.1 Å². The lowest BCUT2D eigenvalue weighted by molar-refractivity contribution is -0.147. The molecular formula is C19H16Cl2F3NO4. The molecule has 0 aliphatic rings. The number of hydrogen-bond donors (Lipinski definition) is 1. The molecule has 0 heterocycles. The maximum Gasteiger partial charge on any atom is 0.416 e. The van der Waals surface area contributed by atoms with Crippen LogP contribution in [0.5, 0.6) is 5.75 Å². The van der Waals surface area contributed by atoms with E-state index in [2.05, 4.69) is 5.32 Å². The standard InChI is InChI=1S/C19H16Cl2F3NO4/c20-13-6-7-16(15(21)10-13)28-8-2-5-18(27)29-11-17(26)25-14-4-1-3-12(9-14)19(22,23)24/h1,3-4,6-7,9-10H,2,5,8,11H2,(H,25,26). The Balaban J connectivity index is 1.69. The predicted octanol–water partition coefficient (Wildman–Crippen LogP) is 5.35. The minimum atomic E-state index is -4.52. The van der Waals surface area contributed by atoms with E-state index >= 15 is 0 Å². The van der Waals surface area contributed by atoms with Crippen molar-refractivity contribution in [2.45, 2.75) is 19.0 Å². The SMILES string of the molecule is O=C(COC(=O)CCCOc1ccc(Cl)cc1Cl)Nc1cccc(C(F)(F)F)c1. The van der Waals surface area contributed by atoms with Gasteiger partial charge in [0, 0.05) is 17.1 Å². The summed E-state index contributed by atoms with van der Waals surface area (Å²) in [5, 5.41) is 3.05. The van der Waals surface area contributed by atoms with Crippen molar-refractivity contribution in [1.29, 1.82) is 0 Å². The Kier molecular flexibility index (Phi) is 8.16. The third-order valence-electron chi connectivity index (χ3n) is 3.51. The van der Waals surface area contributed by atoms with Gasteiger partial charge in [-0.15, -0.1) is 0 Å². The maximum absolute atomic E-state index is 12.6. The van der Waals surface area contributed by atoms with Crippen LogP contribution in [0.2, 0.25) is 10.0 Å². The van der Waals surface area contributed by atoms with Gasteiger partial charge in [0.2, 0.25) is 0 Å². The van der Waals surface area contributed by atoms with E-state index in [4.69, 9.17) is 32.7 Å². The van der Waals surface area contributed by atoms with Crippen molar-refractivity contribution < 1.29 is 32.2 Å². The van der Waals surface area contributed by atoms with Crippen LogP contribution in [0.15, 0.2) is 42.5 Å². The molecule has 0 radical (unpaired) electrons. The molecule has 0 atom stereocenters. The molecule has 1 amide bonds. The first kappa shape index (κ1) is 22.8. The Labute approximate surface area is 174 Å². The van der Waals surface area contributed by atoms with Crippen LogP contribution in [0, 0.1) is 0 Å². The van der Waals surface area contributed by atoms with Gasteiger partial charge in [-0.2, -0.15) is 13.2 Å². The number of alkyl halides is 3. The number of carbonyl (C=O) groups excluding carboxylic acids is 2. The molecule has 0 bridgehead atoms. The summed E-state index contributed by atoms with van der Waals surface area (Å²) < 4.78 is 48.2. The molecule has 0 aliphatic carbocycles. The normalized spacial score (nSPS) is 11.1. The molecule has 2 aromatic carbocycles. The van der Waals surface area contributed by atoms with Crippen LogP contribution < -0.4 is 10.1 Å². The van der Waals surface area contributed by atoms with Gasteiger partial charge in [-0.05, 0) is 42.8 Å². The van der Waals surface area contributed by atoms with Crippen LogP contribution in [-0.4, -0.2) is 25.1 Å². The van der Waals surface area contributed by atoms with Crippen molar-refractivity contribution in [1.82, 2.24) is 0 Å². The number of ether oxygens (including phenoxy) is 2. The highest BCUT2D eigenvalue weighted by Gasteiger charge is 2.30. The molecule has 0 spiro atoms. The smallest absolute Gasteiger partial charge is 0.416 e. The van der Waals surface area contributed by atoms with Crippen LogP contribution in [0.1, 0.15) is 18.4 Å². The average molecular weight is 450 g/mol. The van der Waals surface area contributed by atoms with E-state index in [1.54, 1.807) is 12.1 Å². The molecule has 29 heavy (non-hydrogen) atoms. The lowest BCUT2D eigenvalue weighted by Crippen LogP contribution is -2.21. The van der Waals surface area contributed by atoms with Crippen LogP contribution in [0.3, 0.4) is 0 Å². The van der Waals surface area contributed by atoms with Gasteiger partial charge < -0.3 is 14.8 Å². The summed E-state index contributed by atoms with van der Waals surface area (Å²) in [6.45, 7) is -0.425. The zero-order valence-corrected chi connectivity index (χ0v) is 16.4. The third kappa shape index (κ3) is 7.83. The summed E-state index contributed by atoms with van der Waals surface area (Å²) >= 11 is 11.7. The number of anilines is 1. The summed E-state index contributed by atoms with van der Waals surface area (Å²) in [6.07, 6.45) is -4.22. The fourth-order valence-electron chi connectivity index (χ4n) is 2.18. The third-order valence-corrected chi connectivity index (χ3v) is 4.05. The molecule has 0 aliphatic heterocycles. The predicted molar refractivity (Wildman–Crippen MR) is 102 cm³/mol. The highest BCUT2D eigenvalue weighted by molar-refractivity contribution is 6.35. The second kappa shape index (κ2) is 10.4. The Hall–Kier alpha value is -2.45. The lowest BCUT2D eigenvalue weighted by atomic mass is 10.2. The highest BCUT2D eigenvalue weighted by atomic mass is 35.5. The first-order valence-corrected chi connectivity index (χ1v) is 9.11. The Morgan fingerprint density at radius 2 is 1.83 bits per heavy atom. The van der Waals surface area contributed by atoms with Gasteiger partial charge in [0.05, 0.1) is 17.2 Å². The zero-order valence-electron chi connectivity index (χ0n) is 14.9. The van der Waals surface area contributed by atoms with E-state index < -0.39 is 30.2 Å². The first-order valence-electron chi connectivity index (χ1n) is 8.36. The van der Waals surface area contributed by atoms with Gasteiger partial charge in [-0.3, -0.25) is 9.59 Å². The molecule has 5 nitrogen and oxygen atoms in total. The molecule has 156 valence electrons. The van der Waals surface area contributed by atoms with Gasteiger partial charge in [-0.25, -0.2) is 0 Å². The van der Waals surface area contributed by atoms with Crippen LogP contribution in [-0.2, 0) is 20.5 Å². The molecule has 10 heteroatoms. The molecule has 0 fully saturated rings. The number of carbonyl (C=O) groups is 2. The number of benzene rings is 2. The summed E-state index contributed by atoms with van der Waals surface area (Å²) in [7, 11) is 0. The molecular weight excluding hydrogens is 434 g/mol. The Morgan fingerprint density at radius 1 is 1.07 bits per heavy atom. The number of nitrogens with one attached hydrogen (secondary N) is 1. The molecule has 0 saturated carbocycles. The largest absolute Gasteiger partial charge is 0.492 e. The molecule has 2 aromatic rings. The lowest BCUT2D eigenvalue weighted by Gasteiger charge is -2.10. The van der Waals surface area contributed by atoms with Crippen LogP contribution in [0.4, 0.5) is 18.9 Å². The maximum atomic E-state index is 12.6. The highest BCUT2D eigenvalue weighted by Crippen LogP contribution is 2.30. The average Bonchev–Trinajstić information content (AvgIpc) is 2.64. The van der Waals surface area contributed by atoms with Crippen molar-refractivity contribution >= 4 is 40.8 Å². The van der Waals surface area contributed by atoms with Crippen molar-refractivity contribution in [3.63, 3.8) is 0 Å². The van der Waals surface area contributed by atoms with Crippen molar-refractivity contribution in [2.75, 3.05) is 18.5 Å².